The van der Waals surface area contributed by atoms with Gasteiger partial charge in [0.15, 0.2) is 18.7 Å². The standard InChI is InChI=1S/C22H19NO5/c1-15-5-7-16(8-6-15)20(25)14-28-22(27)10-9-21(26)23-12-11-18-17(13-24)3-2-4-19(18)23/h2-8,11-13H,9-10,14H2,1H3. The van der Waals surface area contributed by atoms with E-state index in [1.807, 2.05) is 19.1 Å². The van der Waals surface area contributed by atoms with Gasteiger partial charge in [-0.25, -0.2) is 0 Å². The van der Waals surface area contributed by atoms with Crippen LogP contribution in [0.5, 0.6) is 0 Å². The molecule has 0 unspecified atom stereocenters. The molecule has 0 aliphatic carbocycles. The Morgan fingerprint density at radius 3 is 2.46 bits per heavy atom. The number of hydrogen-bond acceptors (Lipinski definition) is 5. The summed E-state index contributed by atoms with van der Waals surface area (Å²) in [6, 6.07) is 13.8. The molecule has 0 atom stereocenters. The van der Waals surface area contributed by atoms with Gasteiger partial charge in [0.25, 0.3) is 0 Å². The fourth-order valence-corrected chi connectivity index (χ4v) is 2.88. The number of aromatic nitrogens is 1. The lowest BCUT2D eigenvalue weighted by molar-refractivity contribution is -0.142. The van der Waals surface area contributed by atoms with E-state index in [0.29, 0.717) is 22.0 Å². The first-order valence-corrected chi connectivity index (χ1v) is 8.83. The van der Waals surface area contributed by atoms with Crippen molar-refractivity contribution in [3.63, 3.8) is 0 Å². The molecule has 2 aromatic carbocycles. The predicted molar refractivity (Wildman–Crippen MR) is 104 cm³/mol. The highest BCUT2D eigenvalue weighted by atomic mass is 16.5. The van der Waals surface area contributed by atoms with Crippen molar-refractivity contribution in [2.45, 2.75) is 19.8 Å². The molecule has 28 heavy (non-hydrogen) atoms. The van der Waals surface area contributed by atoms with E-state index in [2.05, 4.69) is 0 Å². The van der Waals surface area contributed by atoms with E-state index in [1.54, 1.807) is 42.6 Å². The second kappa shape index (κ2) is 8.43. The van der Waals surface area contributed by atoms with E-state index in [0.717, 1.165) is 11.8 Å². The van der Waals surface area contributed by atoms with Crippen molar-refractivity contribution >= 4 is 34.8 Å². The molecule has 3 rings (SSSR count). The topological polar surface area (TPSA) is 82.4 Å². The highest BCUT2D eigenvalue weighted by Crippen LogP contribution is 2.19. The van der Waals surface area contributed by atoms with Crippen LogP contribution >= 0.6 is 0 Å². The summed E-state index contributed by atoms with van der Waals surface area (Å²) in [6.45, 7) is 1.56. The number of carbonyl (C=O) groups excluding carboxylic acids is 4. The SMILES string of the molecule is Cc1ccc(C(=O)COC(=O)CCC(=O)n2ccc3c(C=O)cccc32)cc1. The number of benzene rings is 2. The Balaban J connectivity index is 1.54. The van der Waals surface area contributed by atoms with Crippen LogP contribution in [0, 0.1) is 6.92 Å². The average Bonchev–Trinajstić information content (AvgIpc) is 3.15. The number of fused-ring (bicyclic) bond motifs is 1. The third kappa shape index (κ3) is 4.23. The number of esters is 1. The van der Waals surface area contributed by atoms with Crippen LogP contribution in [-0.4, -0.2) is 35.1 Å². The van der Waals surface area contributed by atoms with Gasteiger partial charge in [-0.15, -0.1) is 0 Å². The van der Waals surface area contributed by atoms with Crippen LogP contribution in [0.15, 0.2) is 54.7 Å². The minimum atomic E-state index is -0.612. The van der Waals surface area contributed by atoms with Gasteiger partial charge in [-0.3, -0.25) is 23.7 Å². The van der Waals surface area contributed by atoms with Crippen LogP contribution in [0.25, 0.3) is 10.9 Å². The second-order valence-electron chi connectivity index (χ2n) is 6.43. The summed E-state index contributed by atoms with van der Waals surface area (Å²) in [4.78, 5) is 47.4. The third-order valence-electron chi connectivity index (χ3n) is 4.44. The van der Waals surface area contributed by atoms with Crippen molar-refractivity contribution in [1.82, 2.24) is 4.57 Å². The van der Waals surface area contributed by atoms with E-state index in [1.165, 1.54) is 4.57 Å². The summed E-state index contributed by atoms with van der Waals surface area (Å²) in [5, 5.41) is 0.678. The maximum absolute atomic E-state index is 12.4. The number of Topliss-reactive ketones (excluding diaryl/α,β-unsaturated/α-hetero) is 1. The van der Waals surface area contributed by atoms with Gasteiger partial charge in [0.2, 0.25) is 5.91 Å². The molecule has 3 aromatic rings. The maximum atomic E-state index is 12.4. The number of ether oxygens (including phenoxy) is 1. The molecular weight excluding hydrogens is 358 g/mol. The fraction of sp³-hybridized carbons (Fsp3) is 0.182. The Morgan fingerprint density at radius 2 is 1.75 bits per heavy atom. The lowest BCUT2D eigenvalue weighted by Crippen LogP contribution is -2.16. The van der Waals surface area contributed by atoms with E-state index in [9.17, 15) is 19.2 Å². The van der Waals surface area contributed by atoms with Gasteiger partial charge in [-0.1, -0.05) is 42.0 Å². The largest absolute Gasteiger partial charge is 0.457 e. The molecule has 6 nitrogen and oxygen atoms in total. The molecule has 0 amide bonds. The minimum Gasteiger partial charge on any atom is -0.457 e. The van der Waals surface area contributed by atoms with Crippen molar-refractivity contribution in [2.24, 2.45) is 0 Å². The molecule has 0 aliphatic rings. The van der Waals surface area contributed by atoms with E-state index in [-0.39, 0.29) is 31.1 Å². The van der Waals surface area contributed by atoms with Crippen molar-refractivity contribution in [3.8, 4) is 0 Å². The molecular formula is C22H19NO5. The summed E-state index contributed by atoms with van der Waals surface area (Å²) in [7, 11) is 0. The van der Waals surface area contributed by atoms with E-state index < -0.39 is 5.97 Å². The number of hydrogen-bond donors (Lipinski definition) is 0. The van der Waals surface area contributed by atoms with Gasteiger partial charge < -0.3 is 4.74 Å². The van der Waals surface area contributed by atoms with Crippen molar-refractivity contribution < 1.29 is 23.9 Å². The molecule has 0 bridgehead atoms. The molecule has 142 valence electrons. The number of rotatable bonds is 7. The highest BCUT2D eigenvalue weighted by molar-refractivity contribution is 6.01. The summed E-state index contributed by atoms with van der Waals surface area (Å²) >= 11 is 0. The molecule has 1 aromatic heterocycles. The van der Waals surface area contributed by atoms with Crippen molar-refractivity contribution in [3.05, 3.63) is 71.4 Å². The Labute approximate surface area is 161 Å². The van der Waals surface area contributed by atoms with Gasteiger partial charge in [0, 0.05) is 29.1 Å². The average molecular weight is 377 g/mol. The first-order chi connectivity index (χ1) is 13.5. The first-order valence-electron chi connectivity index (χ1n) is 8.83. The van der Waals surface area contributed by atoms with Crippen LogP contribution in [0.1, 0.15) is 43.9 Å². The van der Waals surface area contributed by atoms with Gasteiger partial charge in [0.05, 0.1) is 11.9 Å². The molecule has 0 N–H and O–H groups in total. The smallest absolute Gasteiger partial charge is 0.306 e. The van der Waals surface area contributed by atoms with E-state index in [4.69, 9.17) is 4.74 Å². The molecule has 1 heterocycles. The number of aldehydes is 1. The van der Waals surface area contributed by atoms with Gasteiger partial charge in [-0.05, 0) is 19.1 Å². The van der Waals surface area contributed by atoms with Crippen LogP contribution in [-0.2, 0) is 9.53 Å². The highest BCUT2D eigenvalue weighted by Gasteiger charge is 2.15. The third-order valence-corrected chi connectivity index (χ3v) is 4.44. The van der Waals surface area contributed by atoms with Crippen LogP contribution in [0.2, 0.25) is 0 Å². The monoisotopic (exact) mass is 377 g/mol. The summed E-state index contributed by atoms with van der Waals surface area (Å²) < 4.78 is 6.39. The predicted octanol–water partition coefficient (Wildman–Crippen LogP) is 3.61. The van der Waals surface area contributed by atoms with Crippen LogP contribution in [0.4, 0.5) is 0 Å². The fourth-order valence-electron chi connectivity index (χ4n) is 2.88. The summed E-state index contributed by atoms with van der Waals surface area (Å²) in [5.41, 5.74) is 2.61. The molecule has 0 saturated heterocycles. The molecule has 0 spiro atoms. The Kier molecular flexibility index (Phi) is 5.79. The Morgan fingerprint density at radius 1 is 1.00 bits per heavy atom. The molecule has 0 aliphatic heterocycles. The number of aryl methyl sites for hydroxylation is 1. The molecule has 0 saturated carbocycles. The van der Waals surface area contributed by atoms with Gasteiger partial charge >= 0.3 is 5.97 Å². The quantitative estimate of drug-likeness (QED) is 0.357. The molecule has 6 heteroatoms. The lowest BCUT2D eigenvalue weighted by Gasteiger charge is -2.06. The molecule has 0 fully saturated rings. The number of nitrogens with zero attached hydrogens (tertiary/aromatic N) is 1. The minimum absolute atomic E-state index is 0.0628. The van der Waals surface area contributed by atoms with E-state index >= 15 is 0 Å². The van der Waals surface area contributed by atoms with Crippen LogP contribution < -0.4 is 0 Å². The summed E-state index contributed by atoms with van der Waals surface area (Å²) in [5.74, 6) is -1.20. The normalized spacial score (nSPS) is 10.6. The number of carbonyl (C=O) groups is 4. The van der Waals surface area contributed by atoms with Crippen LogP contribution in [0.3, 0.4) is 0 Å². The van der Waals surface area contributed by atoms with Crippen molar-refractivity contribution in [2.75, 3.05) is 6.61 Å². The zero-order valence-electron chi connectivity index (χ0n) is 15.4. The Hall–Kier alpha value is -3.54. The zero-order valence-corrected chi connectivity index (χ0v) is 15.4. The maximum Gasteiger partial charge on any atom is 0.306 e. The second-order valence-corrected chi connectivity index (χ2v) is 6.43. The first kappa shape index (κ1) is 19.2. The zero-order chi connectivity index (χ0) is 20.1. The number of ketones is 1. The molecule has 0 radical (unpaired) electrons. The Bertz CT molecular complexity index is 1050. The summed E-state index contributed by atoms with van der Waals surface area (Å²) in [6.07, 6.45) is 2.12. The van der Waals surface area contributed by atoms with Gasteiger partial charge in [-0.2, -0.15) is 0 Å². The van der Waals surface area contributed by atoms with Crippen molar-refractivity contribution in [1.29, 1.82) is 0 Å². The lowest BCUT2D eigenvalue weighted by atomic mass is 10.1. The van der Waals surface area contributed by atoms with Gasteiger partial charge in [0.1, 0.15) is 0 Å².